The summed E-state index contributed by atoms with van der Waals surface area (Å²) in [5.74, 6) is -2.01. The third kappa shape index (κ3) is 3.96. The molecule has 0 amide bonds. The van der Waals surface area contributed by atoms with Crippen LogP contribution >= 0.6 is 0 Å². The van der Waals surface area contributed by atoms with Gasteiger partial charge in [0.1, 0.15) is 5.56 Å². The Morgan fingerprint density at radius 1 is 1.61 bits per heavy atom. The van der Waals surface area contributed by atoms with Crippen molar-refractivity contribution in [2.75, 3.05) is 18.5 Å². The summed E-state index contributed by atoms with van der Waals surface area (Å²) in [4.78, 5) is 14.5. The average molecular weight is 256 g/mol. The summed E-state index contributed by atoms with van der Waals surface area (Å²) in [7, 11) is 0. The van der Waals surface area contributed by atoms with E-state index in [4.69, 9.17) is 10.2 Å². The van der Waals surface area contributed by atoms with E-state index in [1.165, 1.54) is 6.20 Å². The van der Waals surface area contributed by atoms with E-state index in [-0.39, 0.29) is 18.3 Å². The van der Waals surface area contributed by atoms with Crippen molar-refractivity contribution in [1.82, 2.24) is 4.98 Å². The molecule has 0 bridgehead atoms. The van der Waals surface area contributed by atoms with Crippen LogP contribution in [0.5, 0.6) is 0 Å². The summed E-state index contributed by atoms with van der Waals surface area (Å²) in [6.45, 7) is 2.53. The first-order valence-electron chi connectivity index (χ1n) is 5.78. The molecule has 18 heavy (non-hydrogen) atoms. The second-order valence-electron chi connectivity index (χ2n) is 4.18. The van der Waals surface area contributed by atoms with Crippen molar-refractivity contribution in [3.63, 3.8) is 0 Å². The molecule has 0 aliphatic rings. The van der Waals surface area contributed by atoms with Crippen LogP contribution in [0, 0.1) is 11.7 Å². The number of hydrogen-bond acceptors (Lipinski definition) is 4. The van der Waals surface area contributed by atoms with Crippen molar-refractivity contribution in [3.8, 4) is 0 Å². The fourth-order valence-corrected chi connectivity index (χ4v) is 1.48. The van der Waals surface area contributed by atoms with Crippen LogP contribution in [-0.4, -0.2) is 34.3 Å². The van der Waals surface area contributed by atoms with Crippen molar-refractivity contribution in [2.24, 2.45) is 5.92 Å². The number of aromatic nitrogens is 1. The minimum absolute atomic E-state index is 0.0495. The Morgan fingerprint density at radius 2 is 2.33 bits per heavy atom. The molecule has 1 rings (SSSR count). The average Bonchev–Trinajstić information content (AvgIpc) is 2.35. The Bertz CT molecular complexity index is 412. The Kier molecular flexibility index (Phi) is 5.51. The first-order chi connectivity index (χ1) is 8.56. The lowest BCUT2D eigenvalue weighted by molar-refractivity contribution is 0.0692. The number of carboxylic acid groups (broad SMARTS) is 1. The van der Waals surface area contributed by atoms with E-state index in [0.29, 0.717) is 6.54 Å². The van der Waals surface area contributed by atoms with E-state index in [0.717, 1.165) is 18.9 Å². The largest absolute Gasteiger partial charge is 0.478 e. The van der Waals surface area contributed by atoms with Crippen molar-refractivity contribution in [3.05, 3.63) is 23.6 Å². The number of carbonyl (C=O) groups is 1. The van der Waals surface area contributed by atoms with Crippen LogP contribution in [0.15, 0.2) is 12.3 Å². The molecule has 3 N–H and O–H groups in total. The van der Waals surface area contributed by atoms with Crippen molar-refractivity contribution < 1.29 is 19.4 Å². The molecule has 0 aliphatic heterocycles. The summed E-state index contributed by atoms with van der Waals surface area (Å²) >= 11 is 0. The summed E-state index contributed by atoms with van der Waals surface area (Å²) in [6.07, 6.45) is 2.81. The number of rotatable bonds is 7. The van der Waals surface area contributed by atoms with Gasteiger partial charge < -0.3 is 15.5 Å². The molecule has 0 radical (unpaired) electrons. The quantitative estimate of drug-likeness (QED) is 0.647. The van der Waals surface area contributed by atoms with Crippen LogP contribution < -0.4 is 5.32 Å². The van der Waals surface area contributed by atoms with Gasteiger partial charge in [-0.3, -0.25) is 0 Å². The van der Waals surface area contributed by atoms with Gasteiger partial charge in [-0.05, 0) is 24.8 Å². The summed E-state index contributed by atoms with van der Waals surface area (Å²) in [5, 5.41) is 20.3. The molecule has 0 fully saturated rings. The maximum atomic E-state index is 13.6. The van der Waals surface area contributed by atoms with Gasteiger partial charge in [0.2, 0.25) is 0 Å². The third-order valence-corrected chi connectivity index (χ3v) is 2.60. The lowest BCUT2D eigenvalue weighted by atomic mass is 10.1. The van der Waals surface area contributed by atoms with E-state index in [1.807, 2.05) is 6.92 Å². The second kappa shape index (κ2) is 6.90. The fraction of sp³-hybridized carbons (Fsp3) is 0.500. The highest BCUT2D eigenvalue weighted by molar-refractivity contribution is 5.88. The van der Waals surface area contributed by atoms with Crippen LogP contribution in [0.25, 0.3) is 0 Å². The Labute approximate surface area is 105 Å². The van der Waals surface area contributed by atoms with E-state index in [1.54, 1.807) is 0 Å². The topological polar surface area (TPSA) is 82.5 Å². The zero-order chi connectivity index (χ0) is 13.5. The lowest BCUT2D eigenvalue weighted by Crippen LogP contribution is -2.11. The van der Waals surface area contributed by atoms with Gasteiger partial charge in [-0.15, -0.1) is 0 Å². The maximum Gasteiger partial charge on any atom is 0.338 e. The maximum absolute atomic E-state index is 13.6. The summed E-state index contributed by atoms with van der Waals surface area (Å²) < 4.78 is 13.6. The molecule has 0 aromatic carbocycles. The number of anilines is 1. The van der Waals surface area contributed by atoms with Gasteiger partial charge in [-0.2, -0.15) is 0 Å². The van der Waals surface area contributed by atoms with Gasteiger partial charge in [0.15, 0.2) is 11.6 Å². The Morgan fingerprint density at radius 3 is 2.94 bits per heavy atom. The zero-order valence-electron chi connectivity index (χ0n) is 10.2. The van der Waals surface area contributed by atoms with E-state index in [2.05, 4.69) is 10.3 Å². The standard InChI is InChI=1S/C12H17FN2O3/c1-8(7-16)3-2-5-14-11-10(13)9(12(17)18)4-6-15-11/h4,6,8,16H,2-3,5,7H2,1H3,(H,14,15)(H,17,18). The van der Waals surface area contributed by atoms with Crippen LogP contribution in [-0.2, 0) is 0 Å². The highest BCUT2D eigenvalue weighted by Crippen LogP contribution is 2.15. The molecule has 0 saturated heterocycles. The number of nitrogens with one attached hydrogen (secondary N) is 1. The minimum Gasteiger partial charge on any atom is -0.478 e. The van der Waals surface area contributed by atoms with Gasteiger partial charge in [-0.25, -0.2) is 14.2 Å². The van der Waals surface area contributed by atoms with Gasteiger partial charge in [-0.1, -0.05) is 6.92 Å². The molecular weight excluding hydrogens is 239 g/mol. The van der Waals surface area contributed by atoms with Crippen LogP contribution in [0.1, 0.15) is 30.1 Å². The molecule has 1 heterocycles. The molecular formula is C12H17FN2O3. The number of hydrogen-bond donors (Lipinski definition) is 3. The second-order valence-corrected chi connectivity index (χ2v) is 4.18. The minimum atomic E-state index is -1.31. The first-order valence-corrected chi connectivity index (χ1v) is 5.78. The normalized spacial score (nSPS) is 12.2. The third-order valence-electron chi connectivity index (χ3n) is 2.60. The van der Waals surface area contributed by atoms with E-state index in [9.17, 15) is 9.18 Å². The summed E-state index contributed by atoms with van der Waals surface area (Å²) in [5.41, 5.74) is -0.392. The predicted octanol–water partition coefficient (Wildman–Crippen LogP) is 1.74. The van der Waals surface area contributed by atoms with Crippen molar-refractivity contribution in [2.45, 2.75) is 19.8 Å². The van der Waals surface area contributed by atoms with Gasteiger partial charge in [0.25, 0.3) is 0 Å². The molecule has 1 unspecified atom stereocenters. The molecule has 1 aromatic heterocycles. The van der Waals surface area contributed by atoms with E-state index < -0.39 is 17.3 Å². The van der Waals surface area contributed by atoms with Gasteiger partial charge in [0, 0.05) is 19.3 Å². The molecule has 6 heteroatoms. The molecule has 1 atom stereocenters. The number of nitrogens with zero attached hydrogens (tertiary/aromatic N) is 1. The number of aliphatic hydroxyl groups is 1. The fourth-order valence-electron chi connectivity index (χ4n) is 1.48. The number of carboxylic acids is 1. The number of pyridine rings is 1. The first kappa shape index (κ1) is 14.4. The summed E-state index contributed by atoms with van der Waals surface area (Å²) in [6, 6.07) is 1.12. The van der Waals surface area contributed by atoms with Gasteiger partial charge in [0.05, 0.1) is 0 Å². The highest BCUT2D eigenvalue weighted by atomic mass is 19.1. The Hall–Kier alpha value is -1.69. The molecule has 5 nitrogen and oxygen atoms in total. The number of aliphatic hydroxyl groups excluding tert-OH is 1. The molecule has 0 spiro atoms. The lowest BCUT2D eigenvalue weighted by Gasteiger charge is -2.10. The predicted molar refractivity (Wildman–Crippen MR) is 65.1 cm³/mol. The van der Waals surface area contributed by atoms with Crippen LogP contribution in [0.2, 0.25) is 0 Å². The van der Waals surface area contributed by atoms with Crippen LogP contribution in [0.4, 0.5) is 10.2 Å². The van der Waals surface area contributed by atoms with Crippen LogP contribution in [0.3, 0.4) is 0 Å². The van der Waals surface area contributed by atoms with Gasteiger partial charge >= 0.3 is 5.97 Å². The monoisotopic (exact) mass is 256 g/mol. The van der Waals surface area contributed by atoms with Crippen molar-refractivity contribution in [1.29, 1.82) is 0 Å². The van der Waals surface area contributed by atoms with Crippen molar-refractivity contribution >= 4 is 11.8 Å². The SMILES string of the molecule is CC(CO)CCCNc1nccc(C(=O)O)c1F. The zero-order valence-corrected chi connectivity index (χ0v) is 10.2. The number of halogens is 1. The highest BCUT2D eigenvalue weighted by Gasteiger charge is 2.14. The number of aromatic carboxylic acids is 1. The molecule has 0 aliphatic carbocycles. The van der Waals surface area contributed by atoms with E-state index >= 15 is 0 Å². The molecule has 1 aromatic rings. The Balaban J connectivity index is 2.53. The molecule has 0 saturated carbocycles. The molecule has 100 valence electrons. The smallest absolute Gasteiger partial charge is 0.338 e.